The fourth-order valence-electron chi connectivity index (χ4n) is 1.88. The van der Waals surface area contributed by atoms with E-state index < -0.39 is 5.97 Å². The topological polar surface area (TPSA) is 62.2 Å². The molecule has 0 saturated carbocycles. The lowest BCUT2D eigenvalue weighted by Crippen LogP contribution is -2.12. The van der Waals surface area contributed by atoms with Crippen LogP contribution < -0.4 is 5.32 Å². The van der Waals surface area contributed by atoms with Crippen LogP contribution in [0.2, 0.25) is 5.02 Å². The maximum absolute atomic E-state index is 11.2. The molecule has 0 spiro atoms. The first-order chi connectivity index (χ1) is 9.47. The molecule has 4 nitrogen and oxygen atoms in total. The van der Waals surface area contributed by atoms with Gasteiger partial charge in [0.2, 0.25) is 0 Å². The molecular weight excluding hydrogens is 276 g/mol. The van der Waals surface area contributed by atoms with E-state index in [1.54, 1.807) is 24.3 Å². The molecule has 2 rings (SSSR count). The number of carbonyl (C=O) groups is 1. The van der Waals surface area contributed by atoms with Crippen LogP contribution in [0.4, 0.5) is 5.82 Å². The summed E-state index contributed by atoms with van der Waals surface area (Å²) in [5.74, 6) is -0.622. The molecule has 1 aromatic heterocycles. The van der Waals surface area contributed by atoms with E-state index in [2.05, 4.69) is 10.3 Å². The number of rotatable bonds is 4. The van der Waals surface area contributed by atoms with E-state index >= 15 is 0 Å². The number of nitrogens with one attached hydrogen (secondary N) is 1. The summed E-state index contributed by atoms with van der Waals surface area (Å²) in [7, 11) is 0. The number of hydrogen-bond acceptors (Lipinski definition) is 3. The second kappa shape index (κ2) is 5.92. The lowest BCUT2D eigenvalue weighted by Gasteiger charge is -2.17. The maximum Gasteiger partial charge on any atom is 0.339 e. The van der Waals surface area contributed by atoms with Crippen LogP contribution in [0, 0.1) is 6.92 Å². The van der Waals surface area contributed by atoms with E-state index in [4.69, 9.17) is 11.6 Å². The normalized spacial score (nSPS) is 11.9. The number of nitrogens with zero attached hydrogens (tertiary/aromatic N) is 1. The van der Waals surface area contributed by atoms with Gasteiger partial charge in [0.05, 0.1) is 0 Å². The zero-order valence-electron chi connectivity index (χ0n) is 11.2. The molecule has 0 amide bonds. The Morgan fingerprint density at radius 3 is 2.50 bits per heavy atom. The van der Waals surface area contributed by atoms with Gasteiger partial charge in [0.1, 0.15) is 11.4 Å². The van der Waals surface area contributed by atoms with Gasteiger partial charge in [-0.25, -0.2) is 9.78 Å². The number of pyridine rings is 1. The lowest BCUT2D eigenvalue weighted by atomic mass is 10.1. The van der Waals surface area contributed by atoms with Crippen LogP contribution in [0.3, 0.4) is 0 Å². The number of anilines is 1. The predicted octanol–water partition coefficient (Wildman–Crippen LogP) is 3.91. The van der Waals surface area contributed by atoms with Gasteiger partial charge in [0.15, 0.2) is 0 Å². The monoisotopic (exact) mass is 290 g/mol. The summed E-state index contributed by atoms with van der Waals surface area (Å²) in [5, 5.41) is 13.0. The summed E-state index contributed by atoms with van der Waals surface area (Å²) in [6.07, 6.45) is 0. The number of halogens is 1. The second-order valence-electron chi connectivity index (χ2n) is 4.57. The Morgan fingerprint density at radius 2 is 1.90 bits per heavy atom. The van der Waals surface area contributed by atoms with Crippen molar-refractivity contribution < 1.29 is 9.90 Å². The highest BCUT2D eigenvalue weighted by Gasteiger charge is 2.14. The molecule has 2 aromatic rings. The Kier molecular flexibility index (Phi) is 4.25. The van der Waals surface area contributed by atoms with Gasteiger partial charge >= 0.3 is 5.97 Å². The zero-order valence-corrected chi connectivity index (χ0v) is 12.0. The van der Waals surface area contributed by atoms with Gasteiger partial charge in [-0.3, -0.25) is 0 Å². The van der Waals surface area contributed by atoms with Crippen LogP contribution in [0.25, 0.3) is 0 Å². The molecule has 0 aliphatic carbocycles. The van der Waals surface area contributed by atoms with Crippen molar-refractivity contribution in [3.8, 4) is 0 Å². The van der Waals surface area contributed by atoms with E-state index in [1.807, 2.05) is 26.0 Å². The number of aromatic nitrogens is 1. The molecular formula is C15H15ClN2O2. The van der Waals surface area contributed by atoms with Gasteiger partial charge in [-0.15, -0.1) is 0 Å². The van der Waals surface area contributed by atoms with Gasteiger partial charge in [0, 0.05) is 16.8 Å². The van der Waals surface area contributed by atoms with Gasteiger partial charge in [-0.05, 0) is 43.7 Å². The Balaban J connectivity index is 2.27. The molecule has 1 atom stereocenters. The van der Waals surface area contributed by atoms with Crippen molar-refractivity contribution in [3.63, 3.8) is 0 Å². The quantitative estimate of drug-likeness (QED) is 0.896. The molecule has 1 aromatic carbocycles. The number of hydrogen-bond donors (Lipinski definition) is 2. The predicted molar refractivity (Wildman–Crippen MR) is 79.4 cm³/mol. The van der Waals surface area contributed by atoms with Gasteiger partial charge in [-0.1, -0.05) is 23.7 Å². The summed E-state index contributed by atoms with van der Waals surface area (Å²) in [4.78, 5) is 15.5. The number of benzene rings is 1. The minimum atomic E-state index is -0.997. The Labute approximate surface area is 122 Å². The average molecular weight is 291 g/mol. The second-order valence-corrected chi connectivity index (χ2v) is 5.01. The molecule has 0 aliphatic heterocycles. The van der Waals surface area contributed by atoms with Crippen molar-refractivity contribution in [1.29, 1.82) is 0 Å². The Bertz CT molecular complexity index is 626. The lowest BCUT2D eigenvalue weighted by molar-refractivity contribution is 0.0697. The highest BCUT2D eigenvalue weighted by Crippen LogP contribution is 2.22. The SMILES string of the molecule is Cc1ccc(C(=O)O)c(NC(C)c2ccc(Cl)cc2)n1. The fourth-order valence-corrected chi connectivity index (χ4v) is 2.01. The van der Waals surface area contributed by atoms with Crippen molar-refractivity contribution in [2.45, 2.75) is 19.9 Å². The minimum absolute atomic E-state index is 0.0698. The number of carboxylic acids is 1. The molecule has 0 radical (unpaired) electrons. The van der Waals surface area contributed by atoms with Crippen LogP contribution in [-0.4, -0.2) is 16.1 Å². The van der Waals surface area contributed by atoms with Crippen LogP contribution in [-0.2, 0) is 0 Å². The van der Waals surface area contributed by atoms with E-state index in [9.17, 15) is 9.90 Å². The van der Waals surface area contributed by atoms with Crippen LogP contribution in [0.5, 0.6) is 0 Å². The Morgan fingerprint density at radius 1 is 1.25 bits per heavy atom. The molecule has 0 saturated heterocycles. The smallest absolute Gasteiger partial charge is 0.339 e. The van der Waals surface area contributed by atoms with Crippen molar-refractivity contribution in [2.24, 2.45) is 0 Å². The number of aryl methyl sites for hydroxylation is 1. The summed E-state index contributed by atoms with van der Waals surface area (Å²) in [6.45, 7) is 3.77. The van der Waals surface area contributed by atoms with Gasteiger partial charge in [0.25, 0.3) is 0 Å². The van der Waals surface area contributed by atoms with Crippen molar-refractivity contribution in [3.05, 3.63) is 58.2 Å². The highest BCUT2D eigenvalue weighted by molar-refractivity contribution is 6.30. The molecule has 1 unspecified atom stereocenters. The Hall–Kier alpha value is -2.07. The van der Waals surface area contributed by atoms with Crippen molar-refractivity contribution in [2.75, 3.05) is 5.32 Å². The number of carboxylic acid groups (broad SMARTS) is 1. The third-order valence-electron chi connectivity index (χ3n) is 2.99. The minimum Gasteiger partial charge on any atom is -0.478 e. The first-order valence-electron chi connectivity index (χ1n) is 6.20. The van der Waals surface area contributed by atoms with Crippen LogP contribution >= 0.6 is 11.6 Å². The van der Waals surface area contributed by atoms with Crippen molar-refractivity contribution in [1.82, 2.24) is 4.98 Å². The van der Waals surface area contributed by atoms with Gasteiger partial charge < -0.3 is 10.4 Å². The molecule has 20 heavy (non-hydrogen) atoms. The number of aromatic carboxylic acids is 1. The third-order valence-corrected chi connectivity index (χ3v) is 3.24. The van der Waals surface area contributed by atoms with E-state index in [-0.39, 0.29) is 11.6 Å². The molecule has 5 heteroatoms. The summed E-state index contributed by atoms with van der Waals surface area (Å²) >= 11 is 5.85. The van der Waals surface area contributed by atoms with E-state index in [0.717, 1.165) is 11.3 Å². The maximum atomic E-state index is 11.2. The standard InChI is InChI=1S/C15H15ClN2O2/c1-9-3-8-13(15(19)20)14(17-9)18-10(2)11-4-6-12(16)7-5-11/h3-8,10H,1-2H3,(H,17,18)(H,19,20). The molecule has 104 valence electrons. The fraction of sp³-hybridized carbons (Fsp3) is 0.200. The van der Waals surface area contributed by atoms with Gasteiger partial charge in [-0.2, -0.15) is 0 Å². The summed E-state index contributed by atoms with van der Waals surface area (Å²) < 4.78 is 0. The van der Waals surface area contributed by atoms with Crippen LogP contribution in [0.1, 0.15) is 34.6 Å². The zero-order chi connectivity index (χ0) is 14.7. The molecule has 1 heterocycles. The average Bonchev–Trinajstić information content (AvgIpc) is 2.39. The summed E-state index contributed by atoms with van der Waals surface area (Å²) in [5.41, 5.74) is 1.94. The summed E-state index contributed by atoms with van der Waals surface area (Å²) in [6, 6.07) is 10.6. The first kappa shape index (κ1) is 14.3. The molecule has 0 bridgehead atoms. The largest absolute Gasteiger partial charge is 0.478 e. The highest BCUT2D eigenvalue weighted by atomic mass is 35.5. The molecule has 0 aliphatic rings. The van der Waals surface area contributed by atoms with Crippen molar-refractivity contribution >= 4 is 23.4 Å². The van der Waals surface area contributed by atoms with E-state index in [1.165, 1.54) is 0 Å². The first-order valence-corrected chi connectivity index (χ1v) is 6.58. The molecule has 0 fully saturated rings. The van der Waals surface area contributed by atoms with Crippen LogP contribution in [0.15, 0.2) is 36.4 Å². The molecule has 2 N–H and O–H groups in total. The van der Waals surface area contributed by atoms with E-state index in [0.29, 0.717) is 10.8 Å². The third kappa shape index (κ3) is 3.27.